The van der Waals surface area contributed by atoms with Crippen molar-refractivity contribution in [1.82, 2.24) is 5.32 Å². The maximum atomic E-state index is 12.7. The van der Waals surface area contributed by atoms with E-state index in [0.29, 0.717) is 6.61 Å². The summed E-state index contributed by atoms with van der Waals surface area (Å²) < 4.78 is 31.5. The van der Waals surface area contributed by atoms with Gasteiger partial charge in [0.25, 0.3) is 0 Å². The first-order valence-corrected chi connectivity index (χ1v) is 13.7. The Morgan fingerprint density at radius 2 is 1.84 bits per heavy atom. The van der Waals surface area contributed by atoms with E-state index < -0.39 is 57.2 Å². The van der Waals surface area contributed by atoms with Gasteiger partial charge in [-0.25, -0.2) is 4.79 Å². The van der Waals surface area contributed by atoms with Gasteiger partial charge in [-0.15, -0.1) is 0 Å². The Morgan fingerprint density at radius 3 is 2.46 bits per heavy atom. The van der Waals surface area contributed by atoms with Crippen molar-refractivity contribution >= 4 is 75.7 Å². The minimum absolute atomic E-state index is 0.141. The molecule has 2 heterocycles. The number of hydrogen-bond acceptors (Lipinski definition) is 7. The predicted octanol–water partition coefficient (Wildman–Crippen LogP) is 6.38. The van der Waals surface area contributed by atoms with Crippen LogP contribution in [-0.4, -0.2) is 64.1 Å². The van der Waals surface area contributed by atoms with Crippen molar-refractivity contribution in [3.8, 4) is 0 Å². The lowest BCUT2D eigenvalue weighted by Crippen LogP contribution is -2.67. The third kappa shape index (κ3) is 9.34. The minimum Gasteiger partial charge on any atom is -0.463 e. The molecule has 3 rings (SSSR count). The SMILES string of the molecule is C=C(OC1OC2COC(c3ccccc3)O[C@H]2C(OCCCC)C1NC(=O)OCC(Cl)(Cl)Cl)C(Cl)(Cl)Cl. The van der Waals surface area contributed by atoms with Gasteiger partial charge in [0.05, 0.1) is 6.61 Å². The quantitative estimate of drug-likeness (QED) is 0.190. The highest BCUT2D eigenvalue weighted by atomic mass is 35.6. The predicted molar refractivity (Wildman–Crippen MR) is 142 cm³/mol. The number of fused-ring (bicyclic) bond motifs is 1. The van der Waals surface area contributed by atoms with E-state index in [0.717, 1.165) is 18.4 Å². The van der Waals surface area contributed by atoms with Gasteiger partial charge >= 0.3 is 6.09 Å². The summed E-state index contributed by atoms with van der Waals surface area (Å²) in [5.74, 6) is -0.227. The molecule has 0 aliphatic carbocycles. The van der Waals surface area contributed by atoms with Gasteiger partial charge in [-0.2, -0.15) is 0 Å². The second-order valence-electron chi connectivity index (χ2n) is 8.31. The van der Waals surface area contributed by atoms with Crippen molar-refractivity contribution in [2.45, 2.75) is 64.3 Å². The first-order chi connectivity index (χ1) is 17.4. The smallest absolute Gasteiger partial charge is 0.407 e. The van der Waals surface area contributed by atoms with Crippen LogP contribution >= 0.6 is 69.6 Å². The molecule has 6 atom stereocenters. The Morgan fingerprint density at radius 1 is 1.14 bits per heavy atom. The van der Waals surface area contributed by atoms with Gasteiger partial charge in [-0.05, 0) is 6.42 Å². The van der Waals surface area contributed by atoms with Crippen molar-refractivity contribution in [3.63, 3.8) is 0 Å². The molecule has 14 heteroatoms. The molecule has 1 amide bonds. The largest absolute Gasteiger partial charge is 0.463 e. The molecule has 5 unspecified atom stereocenters. The Kier molecular flexibility index (Phi) is 11.6. The lowest BCUT2D eigenvalue weighted by atomic mass is 9.95. The van der Waals surface area contributed by atoms with Crippen LogP contribution in [0, 0.1) is 0 Å². The molecular weight excluding hydrogens is 615 g/mol. The average molecular weight is 642 g/mol. The van der Waals surface area contributed by atoms with Crippen molar-refractivity contribution < 1.29 is 33.2 Å². The molecule has 37 heavy (non-hydrogen) atoms. The summed E-state index contributed by atoms with van der Waals surface area (Å²) in [6.45, 7) is 5.69. The van der Waals surface area contributed by atoms with Crippen molar-refractivity contribution in [1.29, 1.82) is 0 Å². The van der Waals surface area contributed by atoms with Crippen LogP contribution in [0.25, 0.3) is 0 Å². The normalized spacial score (nSPS) is 28.2. The summed E-state index contributed by atoms with van der Waals surface area (Å²) in [5.41, 5.74) is 0.808. The van der Waals surface area contributed by atoms with Gasteiger partial charge in [-0.3, -0.25) is 0 Å². The number of unbranched alkanes of at least 4 members (excludes halogenated alkanes) is 1. The molecule has 208 valence electrons. The number of benzene rings is 1. The number of allylic oxidation sites excluding steroid dienone is 1. The lowest BCUT2D eigenvalue weighted by molar-refractivity contribution is -0.344. The number of carbonyl (C=O) groups is 1. The Bertz CT molecular complexity index is 898. The molecule has 0 spiro atoms. The second kappa shape index (κ2) is 13.8. The molecule has 1 N–H and O–H groups in total. The number of carbonyl (C=O) groups excluding carboxylic acids is 1. The zero-order valence-corrected chi connectivity index (χ0v) is 24.3. The maximum absolute atomic E-state index is 12.7. The van der Waals surface area contributed by atoms with E-state index in [1.54, 1.807) is 0 Å². The van der Waals surface area contributed by atoms with E-state index in [9.17, 15) is 4.79 Å². The summed E-state index contributed by atoms with van der Waals surface area (Å²) in [6, 6.07) is 8.39. The number of amides is 1. The van der Waals surface area contributed by atoms with Gasteiger partial charge in [0.2, 0.25) is 13.9 Å². The molecule has 2 aliphatic rings. The van der Waals surface area contributed by atoms with Crippen LogP contribution in [0.2, 0.25) is 0 Å². The molecule has 1 aromatic carbocycles. The fourth-order valence-corrected chi connectivity index (χ4v) is 4.00. The topological polar surface area (TPSA) is 84.5 Å². The second-order valence-corrected chi connectivity index (χ2v) is 13.1. The van der Waals surface area contributed by atoms with Crippen LogP contribution < -0.4 is 5.32 Å². The van der Waals surface area contributed by atoms with Gasteiger partial charge in [0, 0.05) is 12.2 Å². The summed E-state index contributed by atoms with van der Waals surface area (Å²) in [4.78, 5) is 12.7. The summed E-state index contributed by atoms with van der Waals surface area (Å²) in [6.07, 6.45) is -3.28. The maximum Gasteiger partial charge on any atom is 0.407 e. The number of hydrogen-bond donors (Lipinski definition) is 1. The molecule has 0 aromatic heterocycles. The summed E-state index contributed by atoms with van der Waals surface area (Å²) in [5, 5.41) is 2.66. The molecule has 8 nitrogen and oxygen atoms in total. The van der Waals surface area contributed by atoms with Gasteiger partial charge in [0.1, 0.15) is 36.7 Å². The number of rotatable bonds is 9. The van der Waals surface area contributed by atoms with E-state index in [-0.39, 0.29) is 12.4 Å². The molecule has 2 aliphatic heterocycles. The third-order valence-electron chi connectivity index (χ3n) is 5.44. The van der Waals surface area contributed by atoms with Crippen LogP contribution in [0.1, 0.15) is 31.6 Å². The molecule has 1 aromatic rings. The zero-order valence-electron chi connectivity index (χ0n) is 19.7. The first-order valence-electron chi connectivity index (χ1n) is 11.4. The molecule has 2 fully saturated rings. The summed E-state index contributed by atoms with van der Waals surface area (Å²) >= 11 is 34.9. The van der Waals surface area contributed by atoms with Crippen LogP contribution in [0.4, 0.5) is 4.79 Å². The van der Waals surface area contributed by atoms with Gasteiger partial charge in [-0.1, -0.05) is 120 Å². The van der Waals surface area contributed by atoms with Crippen LogP contribution in [0.5, 0.6) is 0 Å². The highest BCUT2D eigenvalue weighted by Crippen LogP contribution is 2.39. The molecular formula is C23H27Cl6NO7. The number of alkyl carbamates (subject to hydrolysis) is 1. The van der Waals surface area contributed by atoms with Crippen molar-refractivity contribution in [3.05, 3.63) is 48.2 Å². The molecule has 0 saturated carbocycles. The Labute approximate surface area is 245 Å². The average Bonchev–Trinajstić information content (AvgIpc) is 2.83. The van der Waals surface area contributed by atoms with Crippen LogP contribution in [0.3, 0.4) is 0 Å². The van der Waals surface area contributed by atoms with Crippen LogP contribution in [0.15, 0.2) is 42.7 Å². The standard InChI is InChI=1S/C23H27Cl6NO7/c1-3-4-10-32-18-16(30-21(31)34-12-22(24,25)26)20(35-13(2)23(27,28)29)36-15-11-33-19(37-17(15)18)14-8-6-5-7-9-14/h5-9,15-20H,2-4,10-12H2,1H3,(H,30,31)/t15?,16?,17-,18?,19?,20?/m1/s1. The number of nitrogens with one attached hydrogen (secondary N) is 1. The van der Waals surface area contributed by atoms with Crippen molar-refractivity contribution in [2.75, 3.05) is 19.8 Å². The fraction of sp³-hybridized carbons (Fsp3) is 0.609. The Hall–Kier alpha value is -0.390. The van der Waals surface area contributed by atoms with E-state index in [1.165, 1.54) is 0 Å². The highest BCUT2D eigenvalue weighted by molar-refractivity contribution is 6.69. The van der Waals surface area contributed by atoms with E-state index in [1.807, 2.05) is 37.3 Å². The Balaban J connectivity index is 1.88. The van der Waals surface area contributed by atoms with Crippen molar-refractivity contribution in [2.24, 2.45) is 0 Å². The van der Waals surface area contributed by atoms with Crippen LogP contribution in [-0.2, 0) is 28.4 Å². The monoisotopic (exact) mass is 639 g/mol. The number of alkyl halides is 6. The highest BCUT2D eigenvalue weighted by Gasteiger charge is 2.53. The van der Waals surface area contributed by atoms with E-state index in [4.69, 9.17) is 98.0 Å². The lowest BCUT2D eigenvalue weighted by Gasteiger charge is -2.49. The fourth-order valence-electron chi connectivity index (χ4n) is 3.70. The number of ether oxygens (including phenoxy) is 6. The molecule has 0 bridgehead atoms. The first kappa shape index (κ1) is 31.1. The molecule has 2 saturated heterocycles. The van der Waals surface area contributed by atoms with Gasteiger partial charge in [0.15, 0.2) is 6.29 Å². The van der Waals surface area contributed by atoms with Gasteiger partial charge < -0.3 is 33.7 Å². The summed E-state index contributed by atoms with van der Waals surface area (Å²) in [7, 11) is 0. The zero-order chi connectivity index (χ0) is 27.2. The number of halogens is 6. The third-order valence-corrected chi connectivity index (χ3v) is 6.40. The van der Waals surface area contributed by atoms with E-state index in [2.05, 4.69) is 11.9 Å². The molecule has 0 radical (unpaired) electrons. The minimum atomic E-state index is -1.96. The van der Waals surface area contributed by atoms with E-state index >= 15 is 0 Å².